The summed E-state index contributed by atoms with van der Waals surface area (Å²) in [4.78, 5) is 0. The molecule has 2 nitrogen and oxygen atoms in total. The Bertz CT molecular complexity index is 689. The number of hydrogen-bond acceptors (Lipinski definition) is 2. The summed E-state index contributed by atoms with van der Waals surface area (Å²) in [6.07, 6.45) is 0.549. The van der Waals surface area contributed by atoms with Gasteiger partial charge in [0, 0.05) is 18.5 Å². The van der Waals surface area contributed by atoms with Crippen LogP contribution in [0.3, 0.4) is 0 Å². The molecule has 3 rings (SSSR count). The fourth-order valence-electron chi connectivity index (χ4n) is 4.04. The van der Waals surface area contributed by atoms with Crippen molar-refractivity contribution >= 4 is 0 Å². The Hall–Kier alpha value is -1.64. The minimum Gasteiger partial charge on any atom is -0.392 e. The van der Waals surface area contributed by atoms with Crippen LogP contribution in [0.15, 0.2) is 48.5 Å². The maximum atomic E-state index is 10.1. The van der Waals surface area contributed by atoms with E-state index in [1.165, 1.54) is 22.3 Å². The van der Waals surface area contributed by atoms with Gasteiger partial charge in [0.2, 0.25) is 0 Å². The van der Waals surface area contributed by atoms with E-state index < -0.39 is 0 Å². The maximum Gasteiger partial charge on any atom is 0.0679 e. The molecule has 0 spiro atoms. The molecule has 1 saturated heterocycles. The van der Waals surface area contributed by atoms with Gasteiger partial charge in [-0.1, -0.05) is 90.1 Å². The molecular weight excluding hydrogens is 330 g/mol. The number of hydrogen-bond donors (Lipinski definition) is 2. The minimum atomic E-state index is -0.250. The first-order valence-corrected chi connectivity index (χ1v) is 10.2. The molecule has 2 aromatic rings. The molecule has 146 valence electrons. The summed E-state index contributed by atoms with van der Waals surface area (Å²) in [7, 11) is 0. The van der Waals surface area contributed by atoms with Crippen molar-refractivity contribution in [3.05, 3.63) is 70.8 Å². The van der Waals surface area contributed by atoms with Crippen LogP contribution in [-0.2, 0) is 10.8 Å². The molecule has 2 aromatic carbocycles. The zero-order chi connectivity index (χ0) is 19.8. The fourth-order valence-corrected chi connectivity index (χ4v) is 4.04. The number of aliphatic hydroxyl groups is 1. The Morgan fingerprint density at radius 3 is 1.48 bits per heavy atom. The quantitative estimate of drug-likeness (QED) is 0.790. The summed E-state index contributed by atoms with van der Waals surface area (Å²) in [5.41, 5.74) is 5.66. The predicted octanol–water partition coefficient (Wildman–Crippen LogP) is 5.14. The van der Waals surface area contributed by atoms with Crippen molar-refractivity contribution in [2.45, 2.75) is 76.9 Å². The Kier molecular flexibility index (Phi) is 5.52. The van der Waals surface area contributed by atoms with Gasteiger partial charge in [-0.3, -0.25) is 0 Å². The molecule has 0 aromatic heterocycles. The first kappa shape index (κ1) is 20.1. The van der Waals surface area contributed by atoms with Crippen LogP contribution in [0.5, 0.6) is 0 Å². The number of nitrogens with one attached hydrogen (secondary N) is 1. The molecule has 2 heteroatoms. The Labute approximate surface area is 165 Å². The van der Waals surface area contributed by atoms with Crippen LogP contribution in [0.1, 0.15) is 76.1 Å². The topological polar surface area (TPSA) is 32.3 Å². The van der Waals surface area contributed by atoms with E-state index in [2.05, 4.69) is 95.4 Å². The third kappa shape index (κ3) is 4.62. The molecule has 1 aliphatic rings. The number of aliphatic hydroxyl groups excluding tert-OH is 1. The first-order chi connectivity index (χ1) is 12.6. The second-order valence-corrected chi connectivity index (χ2v) is 10.1. The average Bonchev–Trinajstić information content (AvgIpc) is 3.00. The number of benzene rings is 2. The van der Waals surface area contributed by atoms with Crippen molar-refractivity contribution in [1.29, 1.82) is 0 Å². The lowest BCUT2D eigenvalue weighted by molar-refractivity contribution is 0.192. The summed E-state index contributed by atoms with van der Waals surface area (Å²) >= 11 is 0. The normalized spacial score (nSPS) is 21.0. The van der Waals surface area contributed by atoms with Gasteiger partial charge in [-0.05, 0) is 39.5 Å². The van der Waals surface area contributed by atoms with Crippen molar-refractivity contribution in [1.82, 2.24) is 5.32 Å². The van der Waals surface area contributed by atoms with Gasteiger partial charge >= 0.3 is 0 Å². The van der Waals surface area contributed by atoms with Crippen LogP contribution in [0.2, 0.25) is 0 Å². The summed E-state index contributed by atoms with van der Waals surface area (Å²) < 4.78 is 0. The Balaban J connectivity index is 1.97. The maximum absolute atomic E-state index is 10.1. The van der Waals surface area contributed by atoms with Gasteiger partial charge in [0.05, 0.1) is 6.10 Å². The lowest BCUT2D eigenvalue weighted by Gasteiger charge is -2.27. The monoisotopic (exact) mass is 365 g/mol. The van der Waals surface area contributed by atoms with Crippen molar-refractivity contribution in [2.75, 3.05) is 6.54 Å². The van der Waals surface area contributed by atoms with E-state index in [-0.39, 0.29) is 28.9 Å². The van der Waals surface area contributed by atoms with E-state index in [1.807, 2.05) is 0 Å². The Morgan fingerprint density at radius 1 is 0.778 bits per heavy atom. The smallest absolute Gasteiger partial charge is 0.0679 e. The van der Waals surface area contributed by atoms with Crippen LogP contribution in [-0.4, -0.2) is 23.8 Å². The van der Waals surface area contributed by atoms with Crippen molar-refractivity contribution < 1.29 is 5.11 Å². The summed E-state index contributed by atoms with van der Waals surface area (Å²) in [6.45, 7) is 14.2. The van der Waals surface area contributed by atoms with Crippen molar-refractivity contribution in [2.24, 2.45) is 0 Å². The molecule has 27 heavy (non-hydrogen) atoms. The fraction of sp³-hybridized carbons (Fsp3) is 0.520. The van der Waals surface area contributed by atoms with Crippen LogP contribution >= 0.6 is 0 Å². The molecule has 0 unspecified atom stereocenters. The molecule has 2 N–H and O–H groups in total. The largest absolute Gasteiger partial charge is 0.392 e. The van der Waals surface area contributed by atoms with Gasteiger partial charge in [0.25, 0.3) is 0 Å². The van der Waals surface area contributed by atoms with Gasteiger partial charge in [-0.15, -0.1) is 0 Å². The van der Waals surface area contributed by atoms with Gasteiger partial charge in [0.15, 0.2) is 0 Å². The second-order valence-electron chi connectivity index (χ2n) is 10.1. The van der Waals surface area contributed by atoms with E-state index in [0.717, 1.165) is 6.42 Å². The van der Waals surface area contributed by atoms with E-state index in [4.69, 9.17) is 0 Å². The van der Waals surface area contributed by atoms with Gasteiger partial charge in [-0.25, -0.2) is 0 Å². The lowest BCUT2D eigenvalue weighted by Crippen LogP contribution is -2.29. The van der Waals surface area contributed by atoms with Crippen molar-refractivity contribution in [3.8, 4) is 0 Å². The molecule has 1 aliphatic heterocycles. The summed E-state index contributed by atoms with van der Waals surface area (Å²) in [6, 6.07) is 18.4. The highest BCUT2D eigenvalue weighted by molar-refractivity contribution is 5.39. The highest BCUT2D eigenvalue weighted by atomic mass is 16.3. The summed E-state index contributed by atoms with van der Waals surface area (Å²) in [5.74, 6) is 0.255. The SMILES string of the molecule is CC(C)(C)c1ccc(C(c2ccc(C(C)(C)C)cc2)[C@H]2C[C@H](O)CN2)cc1. The number of β-amino-alcohol motifs (C(OH)–C–C–N with tert-alkyl or cyclic N) is 1. The number of rotatable bonds is 3. The molecular formula is C25H35NO. The molecule has 0 radical (unpaired) electrons. The van der Waals surface area contributed by atoms with E-state index in [1.54, 1.807) is 0 Å². The highest BCUT2D eigenvalue weighted by Gasteiger charge is 2.32. The van der Waals surface area contributed by atoms with E-state index in [9.17, 15) is 5.11 Å². The molecule has 1 fully saturated rings. The van der Waals surface area contributed by atoms with Gasteiger partial charge < -0.3 is 10.4 Å². The molecule has 0 amide bonds. The van der Waals surface area contributed by atoms with Crippen LogP contribution in [0.4, 0.5) is 0 Å². The highest BCUT2D eigenvalue weighted by Crippen LogP contribution is 2.35. The second kappa shape index (κ2) is 7.41. The van der Waals surface area contributed by atoms with Crippen LogP contribution < -0.4 is 5.32 Å². The zero-order valence-corrected chi connectivity index (χ0v) is 17.7. The zero-order valence-electron chi connectivity index (χ0n) is 17.7. The first-order valence-electron chi connectivity index (χ1n) is 10.2. The summed E-state index contributed by atoms with van der Waals surface area (Å²) in [5, 5.41) is 13.6. The van der Waals surface area contributed by atoms with E-state index in [0.29, 0.717) is 6.54 Å². The molecule has 0 aliphatic carbocycles. The predicted molar refractivity (Wildman–Crippen MR) is 115 cm³/mol. The Morgan fingerprint density at radius 2 is 1.19 bits per heavy atom. The van der Waals surface area contributed by atoms with Crippen LogP contribution in [0, 0.1) is 0 Å². The van der Waals surface area contributed by atoms with Crippen molar-refractivity contribution in [3.63, 3.8) is 0 Å². The third-order valence-electron chi connectivity index (χ3n) is 5.82. The lowest BCUT2D eigenvalue weighted by atomic mass is 9.80. The third-order valence-corrected chi connectivity index (χ3v) is 5.82. The van der Waals surface area contributed by atoms with Gasteiger partial charge in [0.1, 0.15) is 0 Å². The van der Waals surface area contributed by atoms with Crippen LogP contribution in [0.25, 0.3) is 0 Å². The molecule has 0 saturated carbocycles. The molecule has 2 atom stereocenters. The van der Waals surface area contributed by atoms with Gasteiger partial charge in [-0.2, -0.15) is 0 Å². The average molecular weight is 366 g/mol. The molecule has 1 heterocycles. The standard InChI is InChI=1S/C25H35NO/c1-24(2,3)19-11-7-17(8-12-19)23(22-15-21(27)16-26-22)18-9-13-20(14-10-18)25(4,5)6/h7-14,21-23,26-27H,15-16H2,1-6H3/t21-,22+/m0/s1. The molecule has 0 bridgehead atoms. The van der Waals surface area contributed by atoms with E-state index >= 15 is 0 Å². The minimum absolute atomic E-state index is 0.157.